The van der Waals surface area contributed by atoms with E-state index in [9.17, 15) is 9.59 Å². The topological polar surface area (TPSA) is 79.1 Å². The molecule has 1 aliphatic rings. The number of benzene rings is 3. The third-order valence-electron chi connectivity index (χ3n) is 7.67. The number of hydrogen-bond acceptors (Lipinski definition) is 7. The first-order chi connectivity index (χ1) is 22.1. The van der Waals surface area contributed by atoms with Crippen LogP contribution in [0.5, 0.6) is 11.5 Å². The number of thiazole rings is 1. The van der Waals surface area contributed by atoms with E-state index in [0.717, 1.165) is 23.1 Å². The zero-order valence-electron chi connectivity index (χ0n) is 26.4. The van der Waals surface area contributed by atoms with E-state index < -0.39 is 12.0 Å². The molecule has 0 fully saturated rings. The molecule has 2 heterocycles. The number of carbonyl (C=O) groups is 1. The Balaban J connectivity index is 1.57. The molecule has 3 aromatic carbocycles. The van der Waals surface area contributed by atoms with Crippen LogP contribution in [0.4, 0.5) is 0 Å². The maximum absolute atomic E-state index is 14.1. The minimum Gasteiger partial charge on any atom is -0.493 e. The largest absolute Gasteiger partial charge is 0.493 e. The second-order valence-corrected chi connectivity index (χ2v) is 13.0. The minimum atomic E-state index is -0.660. The van der Waals surface area contributed by atoms with Crippen molar-refractivity contribution in [1.29, 1.82) is 0 Å². The average molecular weight is 680 g/mol. The fraction of sp³-hybridized carbons (Fsp3) is 0.306. The molecular formula is C36H36Cl2N2O5S. The lowest BCUT2D eigenvalue weighted by atomic mass is 9.92. The third kappa shape index (κ3) is 7.09. The summed E-state index contributed by atoms with van der Waals surface area (Å²) in [6.45, 7) is 8.57. The molecule has 0 unspecified atom stereocenters. The molecule has 0 spiro atoms. The molecule has 10 heteroatoms. The van der Waals surface area contributed by atoms with E-state index >= 15 is 0 Å². The number of allylic oxidation sites excluding steroid dienone is 1. The Morgan fingerprint density at radius 1 is 1.02 bits per heavy atom. The SMILES string of the molecule is CCCC1=C(C(=O)OCC)[C@H](c2ccc(C(C)C)cc2)n2c(s/c(=C\c3ccc(OCc4ccc(Cl)c(Cl)c4)c(OC)c3)c2=O)=N1. The van der Waals surface area contributed by atoms with Crippen molar-refractivity contribution in [2.45, 2.75) is 59.1 Å². The number of hydrogen-bond donors (Lipinski definition) is 0. The van der Waals surface area contributed by atoms with Gasteiger partial charge in [-0.25, -0.2) is 9.79 Å². The highest BCUT2D eigenvalue weighted by molar-refractivity contribution is 7.07. The molecule has 1 aliphatic heterocycles. The summed E-state index contributed by atoms with van der Waals surface area (Å²) >= 11 is 13.5. The molecule has 0 amide bonds. The summed E-state index contributed by atoms with van der Waals surface area (Å²) in [7, 11) is 1.57. The number of halogens is 2. The molecule has 0 aliphatic carbocycles. The second-order valence-electron chi connectivity index (χ2n) is 11.2. The number of esters is 1. The van der Waals surface area contributed by atoms with E-state index in [1.54, 1.807) is 36.8 Å². The van der Waals surface area contributed by atoms with Crippen molar-refractivity contribution in [2.75, 3.05) is 13.7 Å². The monoisotopic (exact) mass is 678 g/mol. The molecule has 7 nitrogen and oxygen atoms in total. The summed E-state index contributed by atoms with van der Waals surface area (Å²) in [5.74, 6) is 0.944. The number of carbonyl (C=O) groups excluding carboxylic acids is 1. The quantitative estimate of drug-likeness (QED) is 0.153. The van der Waals surface area contributed by atoms with Crippen molar-refractivity contribution >= 4 is 46.6 Å². The average Bonchev–Trinajstić information content (AvgIpc) is 3.35. The maximum atomic E-state index is 14.1. The van der Waals surface area contributed by atoms with Gasteiger partial charge in [0, 0.05) is 0 Å². The van der Waals surface area contributed by atoms with Crippen LogP contribution in [0.1, 0.15) is 74.8 Å². The van der Waals surface area contributed by atoms with Crippen LogP contribution in [-0.2, 0) is 16.1 Å². The van der Waals surface area contributed by atoms with Crippen LogP contribution in [0.2, 0.25) is 10.0 Å². The van der Waals surface area contributed by atoms with Gasteiger partial charge in [0.2, 0.25) is 0 Å². The van der Waals surface area contributed by atoms with Gasteiger partial charge in [0.25, 0.3) is 5.56 Å². The van der Waals surface area contributed by atoms with Crippen LogP contribution in [0.3, 0.4) is 0 Å². The van der Waals surface area contributed by atoms with E-state index in [0.29, 0.717) is 54.5 Å². The maximum Gasteiger partial charge on any atom is 0.338 e. The minimum absolute atomic E-state index is 0.222. The predicted molar refractivity (Wildman–Crippen MR) is 184 cm³/mol. The number of nitrogens with zero attached hydrogens (tertiary/aromatic N) is 2. The first-order valence-electron chi connectivity index (χ1n) is 15.2. The number of aromatic nitrogens is 1. The Morgan fingerprint density at radius 3 is 2.43 bits per heavy atom. The van der Waals surface area contributed by atoms with Crippen molar-refractivity contribution in [2.24, 2.45) is 4.99 Å². The summed E-state index contributed by atoms with van der Waals surface area (Å²) in [4.78, 5) is 33.0. The van der Waals surface area contributed by atoms with Gasteiger partial charge in [0.15, 0.2) is 16.3 Å². The Kier molecular flexibility index (Phi) is 10.7. The van der Waals surface area contributed by atoms with Gasteiger partial charge in [-0.15, -0.1) is 0 Å². The van der Waals surface area contributed by atoms with Crippen LogP contribution >= 0.6 is 34.5 Å². The summed E-state index contributed by atoms with van der Waals surface area (Å²) in [6.07, 6.45) is 3.18. The summed E-state index contributed by atoms with van der Waals surface area (Å²) in [5.41, 5.74) is 4.43. The molecule has 0 saturated heterocycles. The van der Waals surface area contributed by atoms with Crippen LogP contribution in [0.25, 0.3) is 6.08 Å². The molecule has 240 valence electrons. The molecule has 1 atom stereocenters. The Bertz CT molecular complexity index is 1960. The number of ether oxygens (including phenoxy) is 3. The predicted octanol–water partition coefficient (Wildman–Crippen LogP) is 7.60. The van der Waals surface area contributed by atoms with E-state index in [1.165, 1.54) is 16.9 Å². The highest BCUT2D eigenvalue weighted by Gasteiger charge is 2.34. The molecule has 4 aromatic rings. The zero-order valence-corrected chi connectivity index (χ0v) is 28.8. The molecule has 1 aromatic heterocycles. The van der Waals surface area contributed by atoms with Crippen LogP contribution < -0.4 is 24.4 Å². The first kappa shape index (κ1) is 33.5. The first-order valence-corrected chi connectivity index (χ1v) is 16.8. The molecule has 0 bridgehead atoms. The Hall–Kier alpha value is -3.85. The van der Waals surface area contributed by atoms with Crippen LogP contribution in [0.15, 0.2) is 81.7 Å². The Morgan fingerprint density at radius 2 is 1.78 bits per heavy atom. The molecule has 46 heavy (non-hydrogen) atoms. The van der Waals surface area contributed by atoms with Crippen molar-refractivity contribution in [3.63, 3.8) is 0 Å². The molecular weight excluding hydrogens is 643 g/mol. The standard InChI is InChI=1S/C36H36Cl2N2O5S/c1-6-8-28-32(35(42)44-7-2)33(25-13-11-24(12-14-25)21(3)4)40-34(41)31(46-36(40)39-28)19-22-10-16-29(30(18-22)43-5)45-20-23-9-15-26(37)27(38)17-23/h9-19,21,33H,6-8,20H2,1-5H3/b31-19-/t33-/m0/s1. The van der Waals surface area contributed by atoms with E-state index in [1.807, 2.05) is 43.3 Å². The van der Waals surface area contributed by atoms with Gasteiger partial charge in [-0.05, 0) is 71.9 Å². The van der Waals surface area contributed by atoms with Crippen molar-refractivity contribution in [3.8, 4) is 11.5 Å². The lowest BCUT2D eigenvalue weighted by Gasteiger charge is -2.26. The van der Waals surface area contributed by atoms with Gasteiger partial charge in [0.1, 0.15) is 6.61 Å². The smallest absolute Gasteiger partial charge is 0.338 e. The number of rotatable bonds is 11. The summed E-state index contributed by atoms with van der Waals surface area (Å²) in [5, 5.41) is 0.934. The van der Waals surface area contributed by atoms with Crippen molar-refractivity contribution < 1.29 is 19.0 Å². The lowest BCUT2D eigenvalue weighted by Crippen LogP contribution is -2.40. The summed E-state index contributed by atoms with van der Waals surface area (Å²) in [6, 6.07) is 18.2. The Labute approximate surface area is 282 Å². The van der Waals surface area contributed by atoms with Crippen molar-refractivity contribution in [3.05, 3.63) is 124 Å². The summed E-state index contributed by atoms with van der Waals surface area (Å²) < 4.78 is 19.2. The highest BCUT2D eigenvalue weighted by atomic mass is 35.5. The van der Waals surface area contributed by atoms with Gasteiger partial charge >= 0.3 is 5.97 Å². The molecule has 5 rings (SSSR count). The number of fused-ring (bicyclic) bond motifs is 1. The van der Waals surface area contributed by atoms with E-state index in [-0.39, 0.29) is 18.8 Å². The van der Waals surface area contributed by atoms with E-state index in [2.05, 4.69) is 26.0 Å². The van der Waals surface area contributed by atoms with Crippen LogP contribution in [-0.4, -0.2) is 24.3 Å². The zero-order chi connectivity index (χ0) is 33.0. The second kappa shape index (κ2) is 14.7. The lowest BCUT2D eigenvalue weighted by molar-refractivity contribution is -0.139. The van der Waals surface area contributed by atoms with Gasteiger partial charge in [-0.2, -0.15) is 0 Å². The molecule has 0 saturated carbocycles. The normalized spacial score (nSPS) is 14.7. The van der Waals surface area contributed by atoms with Gasteiger partial charge in [-0.1, -0.05) is 98.1 Å². The fourth-order valence-electron chi connectivity index (χ4n) is 5.33. The molecule has 0 N–H and O–H groups in total. The van der Waals surface area contributed by atoms with Gasteiger partial charge in [-0.3, -0.25) is 9.36 Å². The van der Waals surface area contributed by atoms with Crippen molar-refractivity contribution in [1.82, 2.24) is 4.57 Å². The fourth-order valence-corrected chi connectivity index (χ4v) is 6.68. The highest BCUT2D eigenvalue weighted by Crippen LogP contribution is 2.34. The number of methoxy groups -OCH3 is 1. The third-order valence-corrected chi connectivity index (χ3v) is 9.40. The van der Waals surface area contributed by atoms with E-state index in [4.69, 9.17) is 42.4 Å². The van der Waals surface area contributed by atoms with Gasteiger partial charge < -0.3 is 14.2 Å². The van der Waals surface area contributed by atoms with Crippen LogP contribution in [0, 0.1) is 0 Å². The molecule has 0 radical (unpaired) electrons. The van der Waals surface area contributed by atoms with Gasteiger partial charge in [0.05, 0.1) is 45.6 Å².